The SMILES string of the molecule is CCCCCCc1nc2c(Br)sc(Br)c2nc1CCCCCC. The van der Waals surface area contributed by atoms with E-state index in [-0.39, 0.29) is 0 Å². The van der Waals surface area contributed by atoms with Crippen LogP contribution in [-0.4, -0.2) is 9.97 Å². The minimum absolute atomic E-state index is 1.02. The van der Waals surface area contributed by atoms with Gasteiger partial charge in [0, 0.05) is 0 Å². The van der Waals surface area contributed by atoms with E-state index in [1.165, 1.54) is 62.8 Å². The van der Waals surface area contributed by atoms with Crippen LogP contribution >= 0.6 is 43.2 Å². The topological polar surface area (TPSA) is 25.8 Å². The Kier molecular flexibility index (Phi) is 8.48. The van der Waals surface area contributed by atoms with Gasteiger partial charge < -0.3 is 0 Å². The molecule has 0 radical (unpaired) electrons. The molecular weight excluding hydrogens is 436 g/mol. The van der Waals surface area contributed by atoms with E-state index in [1.807, 2.05) is 0 Å². The molecule has 0 fully saturated rings. The van der Waals surface area contributed by atoms with Crippen LogP contribution in [0, 0.1) is 0 Å². The summed E-state index contributed by atoms with van der Waals surface area (Å²) in [7, 11) is 0. The van der Waals surface area contributed by atoms with Gasteiger partial charge in [-0.15, -0.1) is 11.3 Å². The summed E-state index contributed by atoms with van der Waals surface area (Å²) in [6, 6.07) is 0. The molecule has 2 rings (SSSR count). The van der Waals surface area contributed by atoms with Crippen molar-refractivity contribution >= 4 is 54.2 Å². The maximum atomic E-state index is 4.96. The molecule has 0 aliphatic carbocycles. The molecule has 128 valence electrons. The van der Waals surface area contributed by atoms with Crippen molar-refractivity contribution in [3.05, 3.63) is 19.0 Å². The van der Waals surface area contributed by atoms with Crippen LogP contribution in [0.3, 0.4) is 0 Å². The largest absolute Gasteiger partial charge is 0.247 e. The Labute approximate surface area is 160 Å². The number of hydrogen-bond donors (Lipinski definition) is 0. The molecule has 23 heavy (non-hydrogen) atoms. The number of halogens is 2. The van der Waals surface area contributed by atoms with Gasteiger partial charge in [-0.25, -0.2) is 9.97 Å². The van der Waals surface area contributed by atoms with Crippen LogP contribution in [0.1, 0.15) is 76.6 Å². The lowest BCUT2D eigenvalue weighted by Gasteiger charge is -2.09. The third-order valence-corrected chi connectivity index (χ3v) is 6.60. The van der Waals surface area contributed by atoms with Crippen LogP contribution in [0.2, 0.25) is 0 Å². The van der Waals surface area contributed by atoms with Crippen LogP contribution in [0.5, 0.6) is 0 Å². The minimum atomic E-state index is 1.02. The summed E-state index contributed by atoms with van der Waals surface area (Å²) in [4.78, 5) is 9.93. The number of thiophene rings is 1. The highest BCUT2D eigenvalue weighted by atomic mass is 79.9. The molecule has 2 aromatic heterocycles. The molecule has 0 aliphatic heterocycles. The first-order chi connectivity index (χ1) is 11.2. The number of nitrogens with zero attached hydrogens (tertiary/aromatic N) is 2. The molecule has 0 saturated heterocycles. The predicted molar refractivity (Wildman–Crippen MR) is 109 cm³/mol. The van der Waals surface area contributed by atoms with E-state index >= 15 is 0 Å². The molecule has 0 N–H and O–H groups in total. The van der Waals surface area contributed by atoms with Gasteiger partial charge in [0.1, 0.15) is 11.0 Å². The van der Waals surface area contributed by atoms with Crippen molar-refractivity contribution in [3.63, 3.8) is 0 Å². The lowest BCUT2D eigenvalue weighted by atomic mass is 10.0. The molecule has 0 bridgehead atoms. The van der Waals surface area contributed by atoms with Gasteiger partial charge in [0.2, 0.25) is 0 Å². The van der Waals surface area contributed by atoms with Crippen molar-refractivity contribution in [1.82, 2.24) is 9.97 Å². The molecule has 0 aliphatic rings. The zero-order valence-corrected chi connectivity index (χ0v) is 18.1. The minimum Gasteiger partial charge on any atom is -0.247 e. The Morgan fingerprint density at radius 3 is 1.52 bits per heavy atom. The zero-order chi connectivity index (χ0) is 16.7. The summed E-state index contributed by atoms with van der Waals surface area (Å²) in [6.45, 7) is 4.51. The van der Waals surface area contributed by atoms with Gasteiger partial charge in [-0.05, 0) is 57.5 Å². The van der Waals surface area contributed by atoms with Gasteiger partial charge in [0.15, 0.2) is 0 Å². The second-order valence-electron chi connectivity index (χ2n) is 6.09. The van der Waals surface area contributed by atoms with Gasteiger partial charge in [-0.3, -0.25) is 0 Å². The van der Waals surface area contributed by atoms with Crippen molar-refractivity contribution in [2.75, 3.05) is 0 Å². The van der Waals surface area contributed by atoms with Gasteiger partial charge >= 0.3 is 0 Å². The van der Waals surface area contributed by atoms with Crippen molar-refractivity contribution < 1.29 is 0 Å². The third-order valence-electron chi connectivity index (χ3n) is 4.14. The fourth-order valence-electron chi connectivity index (χ4n) is 2.79. The fourth-order valence-corrected chi connectivity index (χ4v) is 5.60. The summed E-state index contributed by atoms with van der Waals surface area (Å²) in [5.74, 6) is 0. The molecule has 2 aromatic rings. The molecule has 0 atom stereocenters. The number of hydrogen-bond acceptors (Lipinski definition) is 3. The van der Waals surface area contributed by atoms with E-state index < -0.39 is 0 Å². The van der Waals surface area contributed by atoms with E-state index in [0.717, 1.165) is 31.4 Å². The maximum absolute atomic E-state index is 4.96. The van der Waals surface area contributed by atoms with E-state index in [0.29, 0.717) is 0 Å². The Balaban J connectivity index is 2.18. The van der Waals surface area contributed by atoms with Crippen LogP contribution < -0.4 is 0 Å². The molecule has 0 spiro atoms. The molecule has 5 heteroatoms. The van der Waals surface area contributed by atoms with E-state index in [4.69, 9.17) is 9.97 Å². The van der Waals surface area contributed by atoms with E-state index in [1.54, 1.807) is 11.3 Å². The van der Waals surface area contributed by atoms with Gasteiger partial charge in [0.05, 0.1) is 19.0 Å². The Morgan fingerprint density at radius 2 is 1.13 bits per heavy atom. The molecule has 0 aromatic carbocycles. The highest BCUT2D eigenvalue weighted by Gasteiger charge is 2.15. The van der Waals surface area contributed by atoms with Crippen molar-refractivity contribution in [1.29, 1.82) is 0 Å². The van der Waals surface area contributed by atoms with E-state index in [9.17, 15) is 0 Å². The normalized spacial score (nSPS) is 11.5. The molecule has 0 saturated carbocycles. The molecule has 2 nitrogen and oxygen atoms in total. The number of aryl methyl sites for hydroxylation is 2. The van der Waals surface area contributed by atoms with Crippen LogP contribution in [0.15, 0.2) is 7.57 Å². The quantitative estimate of drug-likeness (QED) is 0.343. The number of aromatic nitrogens is 2. The highest BCUT2D eigenvalue weighted by molar-refractivity contribution is 9.12. The molecule has 0 unspecified atom stereocenters. The lowest BCUT2D eigenvalue weighted by Crippen LogP contribution is -2.03. The fraction of sp³-hybridized carbons (Fsp3) is 0.667. The van der Waals surface area contributed by atoms with Crippen molar-refractivity contribution in [3.8, 4) is 0 Å². The molecule has 2 heterocycles. The maximum Gasteiger partial charge on any atom is 0.115 e. The zero-order valence-electron chi connectivity index (χ0n) is 14.1. The second-order valence-corrected chi connectivity index (χ2v) is 9.74. The van der Waals surface area contributed by atoms with Crippen molar-refractivity contribution in [2.45, 2.75) is 78.1 Å². The molecular formula is C18H26Br2N2S. The average molecular weight is 462 g/mol. The Morgan fingerprint density at radius 1 is 0.696 bits per heavy atom. The lowest BCUT2D eigenvalue weighted by molar-refractivity contribution is 0.639. The van der Waals surface area contributed by atoms with Gasteiger partial charge in [-0.2, -0.15) is 0 Å². The van der Waals surface area contributed by atoms with Crippen molar-refractivity contribution in [2.24, 2.45) is 0 Å². The summed E-state index contributed by atoms with van der Waals surface area (Å²) < 4.78 is 2.17. The first-order valence-corrected chi connectivity index (χ1v) is 11.2. The predicted octanol–water partition coefficient (Wildman–Crippen LogP) is 7.46. The van der Waals surface area contributed by atoms with Crippen LogP contribution in [-0.2, 0) is 12.8 Å². The summed E-state index contributed by atoms with van der Waals surface area (Å²) in [6.07, 6.45) is 12.3. The summed E-state index contributed by atoms with van der Waals surface area (Å²) in [5.41, 5.74) is 4.47. The van der Waals surface area contributed by atoms with E-state index in [2.05, 4.69) is 45.7 Å². The highest BCUT2D eigenvalue weighted by Crippen LogP contribution is 2.37. The van der Waals surface area contributed by atoms with Gasteiger partial charge in [0.25, 0.3) is 0 Å². The number of unbranched alkanes of at least 4 members (excludes halogenated alkanes) is 6. The second kappa shape index (κ2) is 10.1. The summed E-state index contributed by atoms with van der Waals surface area (Å²) in [5, 5.41) is 0. The first-order valence-electron chi connectivity index (χ1n) is 8.80. The Hall–Kier alpha value is -0.000000000000000167. The number of fused-ring (bicyclic) bond motifs is 1. The molecule has 0 amide bonds. The Bertz CT molecular complexity index is 573. The van der Waals surface area contributed by atoms with Crippen LogP contribution in [0.25, 0.3) is 11.0 Å². The van der Waals surface area contributed by atoms with Crippen LogP contribution in [0.4, 0.5) is 0 Å². The van der Waals surface area contributed by atoms with Gasteiger partial charge in [-0.1, -0.05) is 52.4 Å². The third kappa shape index (κ3) is 5.50. The standard InChI is InChI=1S/C18H26Br2N2S/c1-3-5-7-9-11-13-14(12-10-8-6-4-2)22-16-15(21-13)17(19)23-18(16)20/h3-12H2,1-2H3. The monoisotopic (exact) mass is 460 g/mol. The average Bonchev–Trinajstić information content (AvgIpc) is 2.82. The summed E-state index contributed by atoms with van der Waals surface area (Å²) >= 11 is 8.93. The first kappa shape index (κ1) is 19.3. The smallest absolute Gasteiger partial charge is 0.115 e. The number of rotatable bonds is 10.